The second-order valence-electron chi connectivity index (χ2n) is 8.78. The molecule has 0 aromatic heterocycles. The molecule has 0 saturated heterocycles. The summed E-state index contributed by atoms with van der Waals surface area (Å²) >= 11 is 0. The molecular weight excluding hydrogens is 268 g/mol. The second kappa shape index (κ2) is 8.18. The summed E-state index contributed by atoms with van der Waals surface area (Å²) in [5.74, 6) is 6.79. The van der Waals surface area contributed by atoms with Gasteiger partial charge in [0.1, 0.15) is 0 Å². The molecule has 22 heavy (non-hydrogen) atoms. The van der Waals surface area contributed by atoms with Crippen LogP contribution in [0.15, 0.2) is 0 Å². The van der Waals surface area contributed by atoms with E-state index in [4.69, 9.17) is 5.11 Å². The fraction of sp³-hybridized carbons (Fsp3) is 1.00. The summed E-state index contributed by atoms with van der Waals surface area (Å²) in [5, 5.41) is 8.75. The molecule has 3 fully saturated rings. The van der Waals surface area contributed by atoms with Gasteiger partial charge in [-0.15, -0.1) is 0 Å². The summed E-state index contributed by atoms with van der Waals surface area (Å²) in [6, 6.07) is 0. The summed E-state index contributed by atoms with van der Waals surface area (Å²) < 4.78 is 0. The number of hydrogen-bond donors (Lipinski definition) is 1. The lowest BCUT2D eigenvalue weighted by atomic mass is 10.0. The molecule has 6 atom stereocenters. The zero-order valence-electron chi connectivity index (χ0n) is 14.8. The van der Waals surface area contributed by atoms with Crippen molar-refractivity contribution < 1.29 is 5.11 Å². The Morgan fingerprint density at radius 3 is 1.77 bits per heavy atom. The van der Waals surface area contributed by atoms with Crippen LogP contribution >= 0.6 is 0 Å². The number of aliphatic hydroxyl groups excluding tert-OH is 1. The zero-order valence-corrected chi connectivity index (χ0v) is 14.8. The van der Waals surface area contributed by atoms with E-state index < -0.39 is 0 Å². The van der Waals surface area contributed by atoms with Gasteiger partial charge in [0, 0.05) is 6.61 Å². The lowest BCUT2D eigenvalue weighted by molar-refractivity contribution is 0.282. The summed E-state index contributed by atoms with van der Waals surface area (Å²) in [7, 11) is 0. The van der Waals surface area contributed by atoms with Crippen molar-refractivity contribution in [1.82, 2.24) is 0 Å². The van der Waals surface area contributed by atoms with Crippen LogP contribution in [0.25, 0.3) is 0 Å². The van der Waals surface area contributed by atoms with Crippen LogP contribution in [0.4, 0.5) is 0 Å². The van der Waals surface area contributed by atoms with E-state index in [2.05, 4.69) is 6.92 Å². The Hall–Kier alpha value is -0.0400. The van der Waals surface area contributed by atoms with E-state index in [1.165, 1.54) is 44.9 Å². The highest BCUT2D eigenvalue weighted by Gasteiger charge is 2.48. The topological polar surface area (TPSA) is 20.2 Å². The van der Waals surface area contributed by atoms with Crippen molar-refractivity contribution >= 4 is 0 Å². The largest absolute Gasteiger partial charge is 0.396 e. The number of unbranched alkanes of at least 4 members (excludes halogenated alkanes) is 5. The van der Waals surface area contributed by atoms with Crippen LogP contribution < -0.4 is 0 Å². The first-order chi connectivity index (χ1) is 10.8. The van der Waals surface area contributed by atoms with Crippen molar-refractivity contribution in [2.45, 2.75) is 90.4 Å². The molecule has 1 heteroatoms. The fourth-order valence-corrected chi connectivity index (χ4v) is 4.94. The van der Waals surface area contributed by atoms with Crippen LogP contribution in [0, 0.1) is 35.5 Å². The lowest BCUT2D eigenvalue weighted by Gasteiger charge is -2.02. The van der Waals surface area contributed by atoms with Crippen molar-refractivity contribution in [3.05, 3.63) is 0 Å². The Labute approximate surface area is 138 Å². The maximum atomic E-state index is 8.75. The smallest absolute Gasteiger partial charge is 0.0431 e. The molecule has 6 unspecified atom stereocenters. The summed E-state index contributed by atoms with van der Waals surface area (Å²) in [6.07, 6.45) is 18.7. The van der Waals surface area contributed by atoms with Gasteiger partial charge < -0.3 is 5.11 Å². The number of aliphatic hydroxyl groups is 1. The molecule has 0 spiro atoms. The Balaban J connectivity index is 1.13. The molecular formula is C21H38O. The molecule has 3 rings (SSSR count). The Kier molecular flexibility index (Phi) is 6.24. The summed E-state index contributed by atoms with van der Waals surface area (Å²) in [4.78, 5) is 0. The molecule has 0 amide bonds. The molecule has 0 heterocycles. The first-order valence-electron chi connectivity index (χ1n) is 10.4. The lowest BCUT2D eigenvalue weighted by Crippen LogP contribution is -1.91. The average Bonchev–Trinajstić information content (AvgIpc) is 3.40. The van der Waals surface area contributed by atoms with Crippen LogP contribution in [-0.2, 0) is 0 Å². The van der Waals surface area contributed by atoms with Crippen LogP contribution in [0.5, 0.6) is 0 Å². The molecule has 3 aliphatic carbocycles. The molecule has 0 bridgehead atoms. The molecule has 1 N–H and O–H groups in total. The van der Waals surface area contributed by atoms with Gasteiger partial charge in [0.2, 0.25) is 0 Å². The minimum atomic E-state index is 0.381. The molecule has 0 aliphatic heterocycles. The van der Waals surface area contributed by atoms with Crippen LogP contribution in [0.1, 0.15) is 90.4 Å². The van der Waals surface area contributed by atoms with Gasteiger partial charge in [0.15, 0.2) is 0 Å². The highest BCUT2D eigenvalue weighted by molar-refractivity contribution is 4.98. The van der Waals surface area contributed by atoms with Gasteiger partial charge in [-0.1, -0.05) is 51.9 Å². The maximum Gasteiger partial charge on any atom is 0.0431 e. The number of rotatable bonds is 13. The molecule has 0 aromatic carbocycles. The van der Waals surface area contributed by atoms with Crippen LogP contribution in [0.3, 0.4) is 0 Å². The molecule has 0 aromatic rings. The summed E-state index contributed by atoms with van der Waals surface area (Å²) in [5.41, 5.74) is 0. The number of hydrogen-bond acceptors (Lipinski definition) is 1. The highest BCUT2D eigenvalue weighted by Crippen LogP contribution is 2.58. The molecule has 3 saturated carbocycles. The monoisotopic (exact) mass is 306 g/mol. The highest BCUT2D eigenvalue weighted by atomic mass is 16.2. The van der Waals surface area contributed by atoms with Gasteiger partial charge in [-0.25, -0.2) is 0 Å². The normalized spacial score (nSPS) is 39.0. The van der Waals surface area contributed by atoms with E-state index in [-0.39, 0.29) is 0 Å². The van der Waals surface area contributed by atoms with E-state index >= 15 is 0 Å². The maximum absolute atomic E-state index is 8.75. The minimum absolute atomic E-state index is 0.381. The fourth-order valence-electron chi connectivity index (χ4n) is 4.94. The van der Waals surface area contributed by atoms with Gasteiger partial charge in [0.05, 0.1) is 0 Å². The van der Waals surface area contributed by atoms with E-state index in [1.54, 1.807) is 32.1 Å². The minimum Gasteiger partial charge on any atom is -0.396 e. The third-order valence-corrected chi connectivity index (χ3v) is 6.93. The van der Waals surface area contributed by atoms with Crippen molar-refractivity contribution in [3.8, 4) is 0 Å². The zero-order chi connectivity index (χ0) is 15.4. The van der Waals surface area contributed by atoms with Crippen LogP contribution in [0.2, 0.25) is 0 Å². The Bertz CT molecular complexity index is 326. The van der Waals surface area contributed by atoms with Gasteiger partial charge in [-0.3, -0.25) is 0 Å². The first kappa shape index (κ1) is 16.8. The quantitative estimate of drug-likeness (QED) is 0.426. The third kappa shape index (κ3) is 5.25. The Morgan fingerprint density at radius 1 is 0.636 bits per heavy atom. The molecule has 0 radical (unpaired) electrons. The Morgan fingerprint density at radius 2 is 1.14 bits per heavy atom. The molecule has 3 aliphatic rings. The van der Waals surface area contributed by atoms with Crippen LogP contribution in [-0.4, -0.2) is 11.7 Å². The van der Waals surface area contributed by atoms with E-state index in [1.807, 2.05) is 0 Å². The predicted molar refractivity (Wildman–Crippen MR) is 93.7 cm³/mol. The third-order valence-electron chi connectivity index (χ3n) is 6.93. The van der Waals surface area contributed by atoms with Gasteiger partial charge in [-0.2, -0.15) is 0 Å². The van der Waals surface area contributed by atoms with Crippen molar-refractivity contribution in [2.75, 3.05) is 6.61 Å². The van der Waals surface area contributed by atoms with E-state index in [0.29, 0.717) is 6.61 Å². The van der Waals surface area contributed by atoms with E-state index in [9.17, 15) is 0 Å². The SMILES string of the molecule is CCC1CC1CC1CC1CC1CC1CCCCCCCCO. The molecule has 1 nitrogen and oxygen atoms in total. The predicted octanol–water partition coefficient (Wildman–Crippen LogP) is 5.81. The van der Waals surface area contributed by atoms with Gasteiger partial charge >= 0.3 is 0 Å². The van der Waals surface area contributed by atoms with Crippen molar-refractivity contribution in [2.24, 2.45) is 35.5 Å². The molecule has 128 valence electrons. The van der Waals surface area contributed by atoms with Crippen molar-refractivity contribution in [1.29, 1.82) is 0 Å². The second-order valence-corrected chi connectivity index (χ2v) is 8.78. The van der Waals surface area contributed by atoms with Gasteiger partial charge in [-0.05, 0) is 74.0 Å². The van der Waals surface area contributed by atoms with Gasteiger partial charge in [0.25, 0.3) is 0 Å². The van der Waals surface area contributed by atoms with E-state index in [0.717, 1.165) is 41.9 Å². The first-order valence-corrected chi connectivity index (χ1v) is 10.4. The average molecular weight is 307 g/mol. The van der Waals surface area contributed by atoms with Crippen molar-refractivity contribution in [3.63, 3.8) is 0 Å². The summed E-state index contributed by atoms with van der Waals surface area (Å²) in [6.45, 7) is 2.75. The standard InChI is InChI=1S/C21H38O/c1-2-16-11-18(16)13-20-15-21(20)14-19-12-17(19)9-7-5-3-4-6-8-10-22/h16-22H,2-15H2,1H3.